The number of nitrogens with zero attached hydrogens (tertiary/aromatic N) is 1. The minimum absolute atomic E-state index is 0.150. The average molecular weight is 306 g/mol. The zero-order valence-electron chi connectivity index (χ0n) is 13.3. The molecule has 0 aromatic heterocycles. The van der Waals surface area contributed by atoms with Crippen molar-refractivity contribution in [2.75, 3.05) is 33.4 Å². The van der Waals surface area contributed by atoms with Crippen LogP contribution in [0.3, 0.4) is 0 Å². The Hall–Kier alpha value is -1.59. The summed E-state index contributed by atoms with van der Waals surface area (Å²) in [5.41, 5.74) is 7.04. The molecule has 0 unspecified atom stereocenters. The summed E-state index contributed by atoms with van der Waals surface area (Å²) < 4.78 is 10.7. The highest BCUT2D eigenvalue weighted by Gasteiger charge is 2.22. The van der Waals surface area contributed by atoms with Crippen LogP contribution in [0.1, 0.15) is 24.8 Å². The van der Waals surface area contributed by atoms with Gasteiger partial charge >= 0.3 is 0 Å². The molecule has 0 bridgehead atoms. The molecular formula is C17H26N2O3. The Bertz CT molecular complexity index is 461. The maximum atomic E-state index is 12.0. The Balaban J connectivity index is 1.63. The van der Waals surface area contributed by atoms with Gasteiger partial charge in [0.2, 0.25) is 5.91 Å². The van der Waals surface area contributed by atoms with E-state index in [2.05, 4.69) is 0 Å². The molecule has 2 N–H and O–H groups in total. The summed E-state index contributed by atoms with van der Waals surface area (Å²) in [6.07, 6.45) is 3.08. The highest BCUT2D eigenvalue weighted by Crippen LogP contribution is 2.14. The number of rotatable bonds is 8. The molecule has 122 valence electrons. The molecule has 1 saturated heterocycles. The summed E-state index contributed by atoms with van der Waals surface area (Å²) in [6.45, 7) is 2.78. The normalized spacial score (nSPS) is 17.7. The summed E-state index contributed by atoms with van der Waals surface area (Å²) >= 11 is 0. The molecule has 1 atom stereocenters. The van der Waals surface area contributed by atoms with Gasteiger partial charge in [-0.2, -0.15) is 0 Å². The van der Waals surface area contributed by atoms with Gasteiger partial charge in [-0.15, -0.1) is 0 Å². The van der Waals surface area contributed by atoms with E-state index in [4.69, 9.17) is 15.2 Å². The minimum atomic E-state index is 0.150. The molecule has 1 aliphatic rings. The summed E-state index contributed by atoms with van der Waals surface area (Å²) in [4.78, 5) is 13.8. The van der Waals surface area contributed by atoms with Crippen LogP contribution in [0.4, 0.5) is 0 Å². The first-order valence-electron chi connectivity index (χ1n) is 7.93. The number of ether oxygens (including phenoxy) is 2. The van der Waals surface area contributed by atoms with Gasteiger partial charge in [0.05, 0.1) is 13.2 Å². The third-order valence-electron chi connectivity index (χ3n) is 3.90. The Morgan fingerprint density at radius 1 is 1.32 bits per heavy atom. The van der Waals surface area contributed by atoms with Gasteiger partial charge in [0, 0.05) is 32.7 Å². The summed E-state index contributed by atoms with van der Waals surface area (Å²) in [5, 5.41) is 0. The molecule has 22 heavy (non-hydrogen) atoms. The fourth-order valence-electron chi connectivity index (χ4n) is 2.56. The fourth-order valence-corrected chi connectivity index (χ4v) is 2.56. The monoisotopic (exact) mass is 306 g/mol. The number of nitrogens with two attached hydrogens (primary N) is 1. The number of amides is 1. The van der Waals surface area contributed by atoms with Crippen molar-refractivity contribution in [3.63, 3.8) is 0 Å². The van der Waals surface area contributed by atoms with Gasteiger partial charge in [0.15, 0.2) is 0 Å². The highest BCUT2D eigenvalue weighted by molar-refractivity contribution is 5.76. The van der Waals surface area contributed by atoms with Crippen LogP contribution in [0.2, 0.25) is 0 Å². The van der Waals surface area contributed by atoms with E-state index in [1.165, 1.54) is 5.56 Å². The standard InChI is InChI=1S/C17H26N2O3/c1-21-12-9-14-4-6-16(7-5-14)22-11-2-3-17(20)19-10-8-15(18)13-19/h4-7,15H,2-3,8-13,18H2,1H3/t15-/m1/s1. The van der Waals surface area contributed by atoms with Crippen LogP contribution in [0.25, 0.3) is 0 Å². The molecule has 0 aliphatic carbocycles. The van der Waals surface area contributed by atoms with Gasteiger partial charge in [-0.3, -0.25) is 4.79 Å². The highest BCUT2D eigenvalue weighted by atomic mass is 16.5. The molecule has 5 heteroatoms. The van der Waals surface area contributed by atoms with Crippen molar-refractivity contribution >= 4 is 5.91 Å². The third-order valence-corrected chi connectivity index (χ3v) is 3.90. The molecule has 0 spiro atoms. The summed E-state index contributed by atoms with van der Waals surface area (Å²) in [5.74, 6) is 1.03. The molecule has 0 saturated carbocycles. The fraction of sp³-hybridized carbons (Fsp3) is 0.588. The molecule has 1 aromatic carbocycles. The average Bonchev–Trinajstić information content (AvgIpc) is 2.97. The molecule has 1 amide bonds. The lowest BCUT2D eigenvalue weighted by atomic mass is 10.1. The van der Waals surface area contributed by atoms with Gasteiger partial charge in [-0.25, -0.2) is 0 Å². The van der Waals surface area contributed by atoms with Crippen LogP contribution in [0.15, 0.2) is 24.3 Å². The molecule has 2 rings (SSSR count). The molecule has 1 aliphatic heterocycles. The van der Waals surface area contributed by atoms with Crippen molar-refractivity contribution in [2.24, 2.45) is 5.73 Å². The van der Waals surface area contributed by atoms with Crippen molar-refractivity contribution in [1.29, 1.82) is 0 Å². The van der Waals surface area contributed by atoms with Crippen LogP contribution < -0.4 is 10.5 Å². The Labute approximate surface area is 132 Å². The van der Waals surface area contributed by atoms with Crippen molar-refractivity contribution in [3.05, 3.63) is 29.8 Å². The maximum absolute atomic E-state index is 12.0. The number of likely N-dealkylation sites (tertiary alicyclic amines) is 1. The van der Waals surface area contributed by atoms with E-state index < -0.39 is 0 Å². The van der Waals surface area contributed by atoms with E-state index in [0.29, 0.717) is 19.6 Å². The topological polar surface area (TPSA) is 64.8 Å². The second-order valence-electron chi connectivity index (χ2n) is 5.73. The number of hydrogen-bond acceptors (Lipinski definition) is 4. The number of methoxy groups -OCH3 is 1. The van der Waals surface area contributed by atoms with Crippen LogP contribution in [-0.4, -0.2) is 50.3 Å². The summed E-state index contributed by atoms with van der Waals surface area (Å²) in [7, 11) is 1.70. The second kappa shape index (κ2) is 8.76. The van der Waals surface area contributed by atoms with Crippen LogP contribution in [-0.2, 0) is 16.0 Å². The zero-order chi connectivity index (χ0) is 15.8. The van der Waals surface area contributed by atoms with Gasteiger partial charge < -0.3 is 20.1 Å². The van der Waals surface area contributed by atoms with E-state index in [-0.39, 0.29) is 11.9 Å². The van der Waals surface area contributed by atoms with Crippen molar-refractivity contribution in [3.8, 4) is 5.75 Å². The third kappa shape index (κ3) is 5.31. The predicted octanol–water partition coefficient (Wildman–Crippen LogP) is 1.59. The van der Waals surface area contributed by atoms with E-state index in [0.717, 1.165) is 38.2 Å². The van der Waals surface area contributed by atoms with Crippen molar-refractivity contribution < 1.29 is 14.3 Å². The largest absolute Gasteiger partial charge is 0.494 e. The van der Waals surface area contributed by atoms with E-state index in [9.17, 15) is 4.79 Å². The van der Waals surface area contributed by atoms with Crippen LogP contribution in [0, 0.1) is 0 Å². The van der Waals surface area contributed by atoms with Gasteiger partial charge in [0.25, 0.3) is 0 Å². The molecule has 0 radical (unpaired) electrons. The minimum Gasteiger partial charge on any atom is -0.494 e. The van der Waals surface area contributed by atoms with Gasteiger partial charge in [-0.1, -0.05) is 12.1 Å². The SMILES string of the molecule is COCCc1ccc(OCCCC(=O)N2CC[C@@H](N)C2)cc1. The Kier molecular flexibility index (Phi) is 6.68. The number of carbonyl (C=O) groups excluding carboxylic acids is 1. The van der Waals surface area contributed by atoms with E-state index in [1.54, 1.807) is 7.11 Å². The van der Waals surface area contributed by atoms with E-state index >= 15 is 0 Å². The lowest BCUT2D eigenvalue weighted by Gasteiger charge is -2.15. The summed E-state index contributed by atoms with van der Waals surface area (Å²) in [6, 6.07) is 8.17. The quantitative estimate of drug-likeness (QED) is 0.741. The smallest absolute Gasteiger partial charge is 0.222 e. The Morgan fingerprint density at radius 2 is 2.09 bits per heavy atom. The van der Waals surface area contributed by atoms with Crippen molar-refractivity contribution in [2.45, 2.75) is 31.7 Å². The van der Waals surface area contributed by atoms with Gasteiger partial charge in [-0.05, 0) is 37.0 Å². The van der Waals surface area contributed by atoms with Gasteiger partial charge in [0.1, 0.15) is 5.75 Å². The lowest BCUT2D eigenvalue weighted by Crippen LogP contribution is -2.31. The first-order valence-corrected chi connectivity index (χ1v) is 7.93. The molecular weight excluding hydrogens is 280 g/mol. The zero-order valence-corrected chi connectivity index (χ0v) is 13.3. The number of carbonyl (C=O) groups is 1. The molecule has 1 aromatic rings. The van der Waals surface area contributed by atoms with Crippen LogP contribution in [0.5, 0.6) is 5.75 Å². The Morgan fingerprint density at radius 3 is 2.73 bits per heavy atom. The van der Waals surface area contributed by atoms with Crippen LogP contribution >= 0.6 is 0 Å². The first-order chi connectivity index (χ1) is 10.7. The first kappa shape index (κ1) is 16.8. The number of benzene rings is 1. The predicted molar refractivity (Wildman–Crippen MR) is 85.9 cm³/mol. The second-order valence-corrected chi connectivity index (χ2v) is 5.73. The lowest BCUT2D eigenvalue weighted by molar-refractivity contribution is -0.130. The van der Waals surface area contributed by atoms with E-state index in [1.807, 2.05) is 29.2 Å². The van der Waals surface area contributed by atoms with Crippen molar-refractivity contribution in [1.82, 2.24) is 4.90 Å². The molecule has 1 heterocycles. The number of hydrogen-bond donors (Lipinski definition) is 1. The molecule has 5 nitrogen and oxygen atoms in total. The maximum Gasteiger partial charge on any atom is 0.222 e. The molecule has 1 fully saturated rings.